The van der Waals surface area contributed by atoms with Gasteiger partial charge in [-0.05, 0) is 61.2 Å². The van der Waals surface area contributed by atoms with E-state index >= 15 is 0 Å². The first-order chi connectivity index (χ1) is 16.9. The summed E-state index contributed by atoms with van der Waals surface area (Å²) in [5.74, 6) is 0.779. The number of urea groups is 1. The fourth-order valence-electron chi connectivity index (χ4n) is 4.37. The molecule has 0 radical (unpaired) electrons. The first kappa shape index (κ1) is 22.9. The number of anilines is 1. The highest BCUT2D eigenvalue weighted by Gasteiger charge is 2.36. The van der Waals surface area contributed by atoms with Gasteiger partial charge in [0.1, 0.15) is 0 Å². The van der Waals surface area contributed by atoms with Gasteiger partial charge in [-0.3, -0.25) is 4.90 Å². The van der Waals surface area contributed by atoms with E-state index in [1.807, 2.05) is 62.4 Å². The summed E-state index contributed by atoms with van der Waals surface area (Å²) in [4.78, 5) is 19.7. The third-order valence-electron chi connectivity index (χ3n) is 6.21. The Labute approximate surface area is 209 Å². The number of carbonyl (C=O) groups is 1. The Balaban J connectivity index is 1.65. The molecule has 0 fully saturated rings. The number of amides is 2. The minimum Gasteiger partial charge on any atom is -0.334 e. The SMILES string of the molecule is CCc1ccc(C2NC(=O)N(c3cccc(C)c3)C(C)=C2c2nc(-c3cccc(Cl)c3)no2)cc1. The van der Waals surface area contributed by atoms with Crippen molar-refractivity contribution < 1.29 is 9.32 Å². The summed E-state index contributed by atoms with van der Waals surface area (Å²) < 4.78 is 5.77. The van der Waals surface area contributed by atoms with Crippen LogP contribution in [0.1, 0.15) is 42.5 Å². The molecule has 2 amide bonds. The van der Waals surface area contributed by atoms with Gasteiger partial charge in [0, 0.05) is 16.3 Å². The number of carbonyl (C=O) groups excluding carboxylic acids is 1. The van der Waals surface area contributed by atoms with Crippen molar-refractivity contribution in [2.45, 2.75) is 33.2 Å². The summed E-state index contributed by atoms with van der Waals surface area (Å²) in [6.45, 7) is 6.02. The maximum Gasteiger partial charge on any atom is 0.326 e. The lowest BCUT2D eigenvalue weighted by atomic mass is 9.93. The molecule has 1 aliphatic heterocycles. The van der Waals surface area contributed by atoms with Gasteiger partial charge in [-0.25, -0.2) is 4.79 Å². The zero-order chi connectivity index (χ0) is 24.5. The van der Waals surface area contributed by atoms with E-state index in [0.717, 1.165) is 40.1 Å². The molecular formula is C28H25ClN4O2. The lowest BCUT2D eigenvalue weighted by Crippen LogP contribution is -2.46. The second-order valence-corrected chi connectivity index (χ2v) is 9.02. The van der Waals surface area contributed by atoms with Crippen LogP contribution in [0.5, 0.6) is 0 Å². The number of aromatic nitrogens is 2. The highest BCUT2D eigenvalue weighted by Crippen LogP contribution is 2.39. The molecule has 0 saturated carbocycles. The molecule has 5 rings (SSSR count). The van der Waals surface area contributed by atoms with Gasteiger partial charge in [-0.15, -0.1) is 0 Å². The fraction of sp³-hybridized carbons (Fsp3) is 0.179. The lowest BCUT2D eigenvalue weighted by Gasteiger charge is -2.35. The summed E-state index contributed by atoms with van der Waals surface area (Å²) >= 11 is 6.17. The Kier molecular flexibility index (Phi) is 6.14. The quantitative estimate of drug-likeness (QED) is 0.332. The highest BCUT2D eigenvalue weighted by molar-refractivity contribution is 6.30. The predicted octanol–water partition coefficient (Wildman–Crippen LogP) is 6.96. The predicted molar refractivity (Wildman–Crippen MR) is 138 cm³/mol. The average molecular weight is 485 g/mol. The Morgan fingerprint density at radius 3 is 2.51 bits per heavy atom. The molecular weight excluding hydrogens is 460 g/mol. The number of benzene rings is 3. The Hall–Kier alpha value is -3.90. The molecule has 0 aliphatic carbocycles. The molecule has 0 saturated heterocycles. The Morgan fingerprint density at radius 1 is 1.03 bits per heavy atom. The molecule has 3 aromatic carbocycles. The molecule has 1 unspecified atom stereocenters. The summed E-state index contributed by atoms with van der Waals surface area (Å²) in [7, 11) is 0. The molecule has 0 bridgehead atoms. The van der Waals surface area contributed by atoms with Crippen LogP contribution in [0.2, 0.25) is 5.02 Å². The summed E-state index contributed by atoms with van der Waals surface area (Å²) in [5, 5.41) is 7.96. The van der Waals surface area contributed by atoms with Crippen molar-refractivity contribution in [3.8, 4) is 11.4 Å². The van der Waals surface area contributed by atoms with E-state index in [1.54, 1.807) is 17.0 Å². The summed E-state index contributed by atoms with van der Waals surface area (Å²) in [6.07, 6.45) is 0.937. The Bertz CT molecular complexity index is 1420. The molecule has 2 heterocycles. The van der Waals surface area contributed by atoms with Crippen LogP contribution in [0.3, 0.4) is 0 Å². The molecule has 1 aliphatic rings. The van der Waals surface area contributed by atoms with Crippen LogP contribution in [0.4, 0.5) is 10.5 Å². The van der Waals surface area contributed by atoms with Crippen molar-refractivity contribution >= 4 is 28.9 Å². The van der Waals surface area contributed by atoms with Crippen LogP contribution in [0.25, 0.3) is 17.0 Å². The largest absolute Gasteiger partial charge is 0.334 e. The van der Waals surface area contributed by atoms with Crippen LogP contribution >= 0.6 is 11.6 Å². The van der Waals surface area contributed by atoms with E-state index < -0.39 is 6.04 Å². The third-order valence-corrected chi connectivity index (χ3v) is 6.44. The highest BCUT2D eigenvalue weighted by atomic mass is 35.5. The number of nitrogens with one attached hydrogen (secondary N) is 1. The van der Waals surface area contributed by atoms with Crippen LogP contribution in [0.15, 0.2) is 83.0 Å². The van der Waals surface area contributed by atoms with Crippen LogP contribution in [-0.2, 0) is 6.42 Å². The number of rotatable bonds is 5. The molecule has 4 aromatic rings. The van der Waals surface area contributed by atoms with Crippen molar-refractivity contribution in [3.63, 3.8) is 0 Å². The molecule has 6 nitrogen and oxygen atoms in total. The van der Waals surface area contributed by atoms with Crippen molar-refractivity contribution in [1.29, 1.82) is 0 Å². The molecule has 7 heteroatoms. The first-order valence-electron chi connectivity index (χ1n) is 11.5. The second kappa shape index (κ2) is 9.39. The third kappa shape index (κ3) is 4.45. The maximum absolute atomic E-state index is 13.4. The van der Waals surface area contributed by atoms with E-state index in [-0.39, 0.29) is 6.03 Å². The normalized spacial score (nSPS) is 15.9. The van der Waals surface area contributed by atoms with E-state index in [2.05, 4.69) is 29.5 Å². The number of hydrogen-bond acceptors (Lipinski definition) is 4. The first-order valence-corrected chi connectivity index (χ1v) is 11.9. The molecule has 1 atom stereocenters. The summed E-state index contributed by atoms with van der Waals surface area (Å²) in [5.41, 5.74) is 6.22. The lowest BCUT2D eigenvalue weighted by molar-refractivity contribution is 0.244. The minimum atomic E-state index is -0.442. The average Bonchev–Trinajstić information content (AvgIpc) is 3.34. The van der Waals surface area contributed by atoms with Gasteiger partial charge in [0.25, 0.3) is 5.89 Å². The van der Waals surface area contributed by atoms with Crippen LogP contribution in [0, 0.1) is 6.92 Å². The standard InChI is InChI=1S/C28H25ClN4O2/c1-4-19-11-13-20(14-12-19)25-24(27-31-26(32-35-27)21-8-6-9-22(29)16-21)18(3)33(28(34)30-25)23-10-5-7-17(2)15-23/h5-16,25H,4H2,1-3H3,(H,30,34). The second-order valence-electron chi connectivity index (χ2n) is 8.58. The zero-order valence-electron chi connectivity index (χ0n) is 19.7. The van der Waals surface area contributed by atoms with Gasteiger partial charge < -0.3 is 9.84 Å². The Morgan fingerprint density at radius 2 is 1.80 bits per heavy atom. The topological polar surface area (TPSA) is 71.3 Å². The van der Waals surface area contributed by atoms with Gasteiger partial charge in [-0.1, -0.05) is 72.2 Å². The van der Waals surface area contributed by atoms with E-state index in [9.17, 15) is 4.79 Å². The van der Waals surface area contributed by atoms with Crippen LogP contribution < -0.4 is 10.2 Å². The van der Waals surface area contributed by atoms with Crippen LogP contribution in [-0.4, -0.2) is 16.2 Å². The number of nitrogens with zero attached hydrogens (tertiary/aromatic N) is 3. The molecule has 176 valence electrons. The van der Waals surface area contributed by atoms with E-state index in [0.29, 0.717) is 16.7 Å². The number of aryl methyl sites for hydroxylation is 2. The van der Waals surface area contributed by atoms with Gasteiger partial charge in [-0.2, -0.15) is 4.98 Å². The molecule has 35 heavy (non-hydrogen) atoms. The van der Waals surface area contributed by atoms with Gasteiger partial charge in [0.05, 0.1) is 17.3 Å². The van der Waals surface area contributed by atoms with Gasteiger partial charge in [0.15, 0.2) is 0 Å². The number of hydrogen-bond donors (Lipinski definition) is 1. The van der Waals surface area contributed by atoms with Crippen molar-refractivity contribution in [2.75, 3.05) is 4.90 Å². The van der Waals surface area contributed by atoms with E-state index in [4.69, 9.17) is 21.1 Å². The van der Waals surface area contributed by atoms with Crippen molar-refractivity contribution in [3.05, 3.63) is 106 Å². The van der Waals surface area contributed by atoms with E-state index in [1.165, 1.54) is 5.56 Å². The fourth-order valence-corrected chi connectivity index (χ4v) is 4.56. The smallest absolute Gasteiger partial charge is 0.326 e. The molecule has 1 N–H and O–H groups in total. The number of halogens is 1. The minimum absolute atomic E-state index is 0.212. The van der Waals surface area contributed by atoms with Gasteiger partial charge >= 0.3 is 6.03 Å². The van der Waals surface area contributed by atoms with Gasteiger partial charge in [0.2, 0.25) is 5.82 Å². The molecule has 1 aromatic heterocycles. The number of allylic oxidation sites excluding steroid dienone is 1. The van der Waals surface area contributed by atoms with Crippen molar-refractivity contribution in [1.82, 2.24) is 15.5 Å². The summed E-state index contributed by atoms with van der Waals surface area (Å²) in [6, 6.07) is 22.7. The monoisotopic (exact) mass is 484 g/mol. The zero-order valence-corrected chi connectivity index (χ0v) is 20.5. The molecule has 0 spiro atoms. The van der Waals surface area contributed by atoms with Crippen molar-refractivity contribution in [2.24, 2.45) is 0 Å². The maximum atomic E-state index is 13.4.